The zero-order valence-corrected chi connectivity index (χ0v) is 16.8. The van der Waals surface area contributed by atoms with Crippen LogP contribution in [0.2, 0.25) is 0 Å². The number of hydrogen-bond donors (Lipinski definition) is 0. The van der Waals surface area contributed by atoms with Crippen LogP contribution < -0.4 is 10.3 Å². The summed E-state index contributed by atoms with van der Waals surface area (Å²) in [6.07, 6.45) is 2.24. The molecule has 0 aliphatic heterocycles. The Hall–Kier alpha value is -2.80. The zero-order chi connectivity index (χ0) is 19.5. The Kier molecular flexibility index (Phi) is 5.34. The topological polar surface area (TPSA) is 61.4 Å². The predicted molar refractivity (Wildman–Crippen MR) is 112 cm³/mol. The summed E-state index contributed by atoms with van der Waals surface area (Å²) in [7, 11) is 1.64. The number of fused-ring (bicyclic) bond motifs is 3. The van der Waals surface area contributed by atoms with E-state index in [0.717, 1.165) is 40.6 Å². The molecule has 4 aromatic rings. The molecule has 28 heavy (non-hydrogen) atoms. The number of ether oxygens (including phenoxy) is 1. The summed E-state index contributed by atoms with van der Waals surface area (Å²) in [6.45, 7) is 2.54. The number of nitrogens with zero attached hydrogens (tertiary/aromatic N) is 4. The number of para-hydroxylation sites is 2. The average molecular weight is 395 g/mol. The Balaban J connectivity index is 1.92. The maximum atomic E-state index is 13.3. The van der Waals surface area contributed by atoms with Crippen LogP contribution in [0, 0.1) is 0 Å². The van der Waals surface area contributed by atoms with E-state index >= 15 is 0 Å². The first-order valence-corrected chi connectivity index (χ1v) is 10.3. The van der Waals surface area contributed by atoms with Gasteiger partial charge >= 0.3 is 0 Å². The van der Waals surface area contributed by atoms with Crippen molar-refractivity contribution in [2.75, 3.05) is 12.9 Å². The highest BCUT2D eigenvalue weighted by molar-refractivity contribution is 7.99. The lowest BCUT2D eigenvalue weighted by atomic mass is 10.2. The number of hydrogen-bond acceptors (Lipinski definition) is 5. The van der Waals surface area contributed by atoms with Gasteiger partial charge in [0.05, 0.1) is 24.6 Å². The number of unbranched alkanes of at least 4 members (excludes halogenated alkanes) is 1. The molecule has 0 aliphatic carbocycles. The molecule has 0 aliphatic rings. The van der Waals surface area contributed by atoms with Crippen molar-refractivity contribution >= 4 is 28.4 Å². The molecule has 0 atom stereocenters. The molecule has 0 N–H and O–H groups in total. The number of rotatable bonds is 7. The van der Waals surface area contributed by atoms with E-state index in [4.69, 9.17) is 4.74 Å². The smallest absolute Gasteiger partial charge is 0.263 e. The normalized spacial score (nSPS) is 11.4. The highest BCUT2D eigenvalue weighted by Crippen LogP contribution is 2.24. The Morgan fingerprint density at radius 2 is 1.86 bits per heavy atom. The largest absolute Gasteiger partial charge is 0.496 e. The number of aromatic nitrogens is 4. The summed E-state index contributed by atoms with van der Waals surface area (Å²) in [5, 5.41) is 10.2. The van der Waals surface area contributed by atoms with Gasteiger partial charge in [0.1, 0.15) is 5.75 Å². The highest BCUT2D eigenvalue weighted by Gasteiger charge is 2.17. The van der Waals surface area contributed by atoms with Gasteiger partial charge in [-0.25, -0.2) is 0 Å². The van der Waals surface area contributed by atoms with E-state index in [9.17, 15) is 4.79 Å². The molecule has 4 rings (SSSR count). The molecule has 7 heteroatoms. The summed E-state index contributed by atoms with van der Waals surface area (Å²) in [6, 6.07) is 15.3. The van der Waals surface area contributed by atoms with Crippen LogP contribution >= 0.6 is 11.8 Å². The van der Waals surface area contributed by atoms with Crippen LogP contribution in [0.3, 0.4) is 0 Å². The molecule has 144 valence electrons. The first kappa shape index (κ1) is 18.6. The van der Waals surface area contributed by atoms with E-state index in [0.29, 0.717) is 17.7 Å². The lowest BCUT2D eigenvalue weighted by Gasteiger charge is -2.13. The molecule has 2 aromatic heterocycles. The van der Waals surface area contributed by atoms with Gasteiger partial charge in [0.25, 0.3) is 5.56 Å². The minimum Gasteiger partial charge on any atom is -0.496 e. The molecular formula is C21H22N4O2S. The molecule has 0 spiro atoms. The Morgan fingerprint density at radius 1 is 1.07 bits per heavy atom. The third kappa shape index (κ3) is 3.26. The third-order valence-corrected chi connectivity index (χ3v) is 5.74. The number of benzene rings is 2. The van der Waals surface area contributed by atoms with Crippen LogP contribution in [0.25, 0.3) is 16.7 Å². The van der Waals surface area contributed by atoms with Crippen molar-refractivity contribution in [2.45, 2.75) is 31.5 Å². The first-order valence-electron chi connectivity index (χ1n) is 9.36. The van der Waals surface area contributed by atoms with E-state index in [1.54, 1.807) is 23.4 Å². The first-order chi connectivity index (χ1) is 13.7. The fourth-order valence-corrected chi connectivity index (χ4v) is 4.30. The van der Waals surface area contributed by atoms with Crippen molar-refractivity contribution < 1.29 is 4.74 Å². The van der Waals surface area contributed by atoms with Gasteiger partial charge in [0.2, 0.25) is 5.78 Å². The predicted octanol–water partition coefficient (Wildman–Crippen LogP) is 3.99. The second kappa shape index (κ2) is 8.06. The molecule has 0 radical (unpaired) electrons. The lowest BCUT2D eigenvalue weighted by Crippen LogP contribution is -2.24. The molecule has 0 bridgehead atoms. The van der Waals surface area contributed by atoms with Gasteiger partial charge in [-0.05, 0) is 24.6 Å². The van der Waals surface area contributed by atoms with Crippen molar-refractivity contribution in [1.29, 1.82) is 0 Å². The van der Waals surface area contributed by atoms with Gasteiger partial charge < -0.3 is 4.74 Å². The molecule has 6 nitrogen and oxygen atoms in total. The molecule has 0 unspecified atom stereocenters. The highest BCUT2D eigenvalue weighted by atomic mass is 32.2. The third-order valence-electron chi connectivity index (χ3n) is 4.73. The van der Waals surface area contributed by atoms with E-state index < -0.39 is 0 Å². The molecule has 0 fully saturated rings. The van der Waals surface area contributed by atoms with Crippen molar-refractivity contribution in [3.8, 4) is 5.75 Å². The SMILES string of the molecule is CCCCSc1nnc2n(Cc3ccccc3OC)c(=O)c3ccccc3n12. The van der Waals surface area contributed by atoms with Crippen LogP contribution in [0.4, 0.5) is 0 Å². The van der Waals surface area contributed by atoms with E-state index in [1.807, 2.05) is 52.9 Å². The van der Waals surface area contributed by atoms with Gasteiger partial charge in [-0.15, -0.1) is 10.2 Å². The Morgan fingerprint density at radius 3 is 2.68 bits per heavy atom. The Labute approximate surface area is 167 Å². The van der Waals surface area contributed by atoms with Crippen molar-refractivity contribution in [1.82, 2.24) is 19.2 Å². The average Bonchev–Trinajstić information content (AvgIpc) is 3.15. The van der Waals surface area contributed by atoms with Gasteiger partial charge in [-0.2, -0.15) is 0 Å². The summed E-state index contributed by atoms with van der Waals surface area (Å²) in [5.74, 6) is 2.27. The summed E-state index contributed by atoms with van der Waals surface area (Å²) in [5.41, 5.74) is 1.68. The quantitative estimate of drug-likeness (QED) is 0.350. The van der Waals surface area contributed by atoms with Crippen LogP contribution in [-0.4, -0.2) is 32.0 Å². The summed E-state index contributed by atoms with van der Waals surface area (Å²) >= 11 is 1.67. The van der Waals surface area contributed by atoms with Crippen molar-refractivity contribution in [3.63, 3.8) is 0 Å². The molecule has 2 aromatic carbocycles. The summed E-state index contributed by atoms with van der Waals surface area (Å²) < 4.78 is 9.14. The second-order valence-corrected chi connectivity index (χ2v) is 7.60. The second-order valence-electron chi connectivity index (χ2n) is 6.54. The fourth-order valence-electron chi connectivity index (χ4n) is 3.28. The minimum absolute atomic E-state index is 0.0773. The van der Waals surface area contributed by atoms with Crippen LogP contribution in [0.5, 0.6) is 5.75 Å². The van der Waals surface area contributed by atoms with Crippen LogP contribution in [0.15, 0.2) is 58.5 Å². The van der Waals surface area contributed by atoms with E-state index in [1.165, 1.54) is 0 Å². The van der Waals surface area contributed by atoms with Gasteiger partial charge in [0, 0.05) is 11.3 Å². The fraction of sp³-hybridized carbons (Fsp3) is 0.286. The molecule has 2 heterocycles. The van der Waals surface area contributed by atoms with Crippen LogP contribution in [-0.2, 0) is 6.54 Å². The number of methoxy groups -OCH3 is 1. The maximum Gasteiger partial charge on any atom is 0.263 e. The van der Waals surface area contributed by atoms with Crippen LogP contribution in [0.1, 0.15) is 25.3 Å². The minimum atomic E-state index is -0.0773. The monoisotopic (exact) mass is 394 g/mol. The molecular weight excluding hydrogens is 372 g/mol. The summed E-state index contributed by atoms with van der Waals surface area (Å²) in [4.78, 5) is 13.3. The van der Waals surface area contributed by atoms with Crippen molar-refractivity contribution in [3.05, 3.63) is 64.4 Å². The molecule has 0 amide bonds. The van der Waals surface area contributed by atoms with Gasteiger partial charge in [-0.1, -0.05) is 55.4 Å². The Bertz CT molecular complexity index is 1180. The maximum absolute atomic E-state index is 13.3. The van der Waals surface area contributed by atoms with Crippen molar-refractivity contribution in [2.24, 2.45) is 0 Å². The number of thioether (sulfide) groups is 1. The van der Waals surface area contributed by atoms with Gasteiger partial charge in [-0.3, -0.25) is 13.8 Å². The molecule has 0 saturated heterocycles. The van der Waals surface area contributed by atoms with E-state index in [2.05, 4.69) is 17.1 Å². The molecule has 0 saturated carbocycles. The lowest BCUT2D eigenvalue weighted by molar-refractivity contribution is 0.408. The standard InChI is InChI=1S/C21H22N4O2S/c1-3-4-13-28-21-23-22-20-24(14-15-9-5-8-12-18(15)27-2)19(26)16-10-6-7-11-17(16)25(20)21/h5-12H,3-4,13-14H2,1-2H3. The zero-order valence-electron chi connectivity index (χ0n) is 16.0. The van der Waals surface area contributed by atoms with E-state index in [-0.39, 0.29) is 5.56 Å². The van der Waals surface area contributed by atoms with Gasteiger partial charge in [0.15, 0.2) is 5.16 Å².